The molecule has 0 radical (unpaired) electrons. The van der Waals surface area contributed by atoms with Crippen LogP contribution in [0.3, 0.4) is 0 Å². The summed E-state index contributed by atoms with van der Waals surface area (Å²) in [4.78, 5) is 17.2. The van der Waals surface area contributed by atoms with Crippen molar-refractivity contribution in [1.29, 1.82) is 0 Å². The fraction of sp³-hybridized carbons (Fsp3) is 0.667. The second-order valence-electron chi connectivity index (χ2n) is 8.07. The molecule has 3 heteroatoms. The molecule has 0 spiro atoms. The summed E-state index contributed by atoms with van der Waals surface area (Å²) in [6, 6.07) is 8.21. The minimum Gasteiger partial charge on any atom is -0.335 e. The van der Waals surface area contributed by atoms with E-state index in [0.717, 1.165) is 37.0 Å². The third kappa shape index (κ3) is 3.51. The molecule has 2 saturated heterocycles. The van der Waals surface area contributed by atoms with E-state index in [1.807, 2.05) is 0 Å². The Morgan fingerprint density at radius 1 is 1.12 bits per heavy atom. The van der Waals surface area contributed by atoms with Crippen LogP contribution in [0, 0.1) is 13.8 Å². The van der Waals surface area contributed by atoms with Crippen LogP contribution in [-0.2, 0) is 0 Å². The van der Waals surface area contributed by atoms with Gasteiger partial charge in [0.05, 0.1) is 19.1 Å². The Hall–Kier alpha value is -1.35. The highest BCUT2D eigenvalue weighted by molar-refractivity contribution is 5.94. The lowest BCUT2D eigenvalue weighted by molar-refractivity contribution is -0.922. The van der Waals surface area contributed by atoms with Gasteiger partial charge in [-0.1, -0.05) is 30.5 Å². The van der Waals surface area contributed by atoms with Crippen molar-refractivity contribution in [2.45, 2.75) is 77.4 Å². The minimum atomic E-state index is 0.249. The number of hydrogen-bond donors (Lipinski definition) is 1. The zero-order valence-electron chi connectivity index (χ0n) is 15.8. The number of aryl methyl sites for hydroxylation is 2. The van der Waals surface area contributed by atoms with Crippen molar-refractivity contribution in [2.24, 2.45) is 0 Å². The first-order valence-electron chi connectivity index (χ1n) is 9.72. The number of benzene rings is 1. The van der Waals surface area contributed by atoms with Gasteiger partial charge in [0.25, 0.3) is 5.91 Å². The molecule has 2 fully saturated rings. The van der Waals surface area contributed by atoms with E-state index >= 15 is 0 Å². The van der Waals surface area contributed by atoms with Crippen molar-refractivity contribution in [3.8, 4) is 0 Å². The predicted octanol–water partition coefficient (Wildman–Crippen LogP) is 2.75. The molecule has 3 nitrogen and oxygen atoms in total. The van der Waals surface area contributed by atoms with Crippen LogP contribution >= 0.6 is 0 Å². The van der Waals surface area contributed by atoms with Crippen molar-refractivity contribution in [3.63, 3.8) is 0 Å². The van der Waals surface area contributed by atoms with Gasteiger partial charge in [0.1, 0.15) is 0 Å². The van der Waals surface area contributed by atoms with Gasteiger partial charge < -0.3 is 9.80 Å². The third-order valence-corrected chi connectivity index (χ3v) is 6.19. The van der Waals surface area contributed by atoms with E-state index in [1.54, 1.807) is 4.90 Å². The topological polar surface area (TPSA) is 24.8 Å². The first-order chi connectivity index (χ1) is 11.5. The lowest BCUT2D eigenvalue weighted by atomic mass is 9.95. The van der Waals surface area contributed by atoms with Crippen LogP contribution in [0.2, 0.25) is 0 Å². The van der Waals surface area contributed by atoms with Crippen LogP contribution in [0.1, 0.15) is 66.9 Å². The maximum Gasteiger partial charge on any atom is 0.254 e. The summed E-state index contributed by atoms with van der Waals surface area (Å²) in [7, 11) is 2.35. The molecule has 1 aromatic carbocycles. The van der Waals surface area contributed by atoms with E-state index in [2.05, 4.69) is 50.9 Å². The summed E-state index contributed by atoms with van der Waals surface area (Å²) in [6.45, 7) is 7.28. The van der Waals surface area contributed by atoms with Gasteiger partial charge in [0.2, 0.25) is 0 Å². The lowest BCUT2D eigenvalue weighted by Crippen LogP contribution is -3.15. The van der Waals surface area contributed by atoms with Gasteiger partial charge in [0.15, 0.2) is 0 Å². The second-order valence-corrected chi connectivity index (χ2v) is 8.07. The van der Waals surface area contributed by atoms with E-state index in [4.69, 9.17) is 0 Å². The Morgan fingerprint density at radius 3 is 2.25 bits per heavy atom. The number of amides is 1. The number of nitrogens with zero attached hydrogens (tertiary/aromatic N) is 1. The molecule has 0 aromatic heterocycles. The number of piperidine rings is 1. The molecule has 0 saturated carbocycles. The van der Waals surface area contributed by atoms with Crippen molar-refractivity contribution in [2.75, 3.05) is 13.6 Å². The van der Waals surface area contributed by atoms with Crippen molar-refractivity contribution >= 4 is 5.91 Å². The quantitative estimate of drug-likeness (QED) is 0.883. The number of fused-ring (bicyclic) bond motifs is 2. The highest BCUT2D eigenvalue weighted by Gasteiger charge is 2.44. The van der Waals surface area contributed by atoms with Gasteiger partial charge in [-0.2, -0.15) is 0 Å². The number of carbonyl (C=O) groups excluding carboxylic acids is 1. The molecule has 132 valence electrons. The van der Waals surface area contributed by atoms with Crippen LogP contribution in [0.25, 0.3) is 0 Å². The molecule has 2 atom stereocenters. The Bertz CT molecular complexity index is 563. The first kappa shape index (κ1) is 17.5. The Balaban J connectivity index is 1.82. The first-order valence-corrected chi connectivity index (χ1v) is 9.72. The molecule has 0 aliphatic carbocycles. The van der Waals surface area contributed by atoms with Crippen LogP contribution in [0.5, 0.6) is 0 Å². The summed E-state index contributed by atoms with van der Waals surface area (Å²) in [5.41, 5.74) is 3.24. The minimum absolute atomic E-state index is 0.249. The average Bonchev–Trinajstić information content (AvgIpc) is 2.75. The largest absolute Gasteiger partial charge is 0.335 e. The molecule has 2 aliphatic heterocycles. The number of quaternary nitrogens is 1. The van der Waals surface area contributed by atoms with Crippen LogP contribution in [0.15, 0.2) is 18.2 Å². The number of carbonyl (C=O) groups is 1. The van der Waals surface area contributed by atoms with E-state index in [-0.39, 0.29) is 5.91 Å². The van der Waals surface area contributed by atoms with E-state index < -0.39 is 0 Å². The molecular formula is C21H33N2O+. The SMILES string of the molecule is CCCCN(C(=O)c1cc(C)cc(C)c1)C1C[C@H]2CC[C@H](C1)[NH+]2C. The van der Waals surface area contributed by atoms with Crippen LogP contribution < -0.4 is 4.90 Å². The molecular weight excluding hydrogens is 296 g/mol. The molecule has 24 heavy (non-hydrogen) atoms. The molecule has 2 bridgehead atoms. The molecule has 2 heterocycles. The van der Waals surface area contributed by atoms with Crippen molar-refractivity contribution in [3.05, 3.63) is 34.9 Å². The maximum absolute atomic E-state index is 13.3. The Kier molecular flexibility index (Phi) is 5.29. The Morgan fingerprint density at radius 2 is 1.71 bits per heavy atom. The van der Waals surface area contributed by atoms with E-state index in [0.29, 0.717) is 6.04 Å². The van der Waals surface area contributed by atoms with Crippen LogP contribution in [-0.4, -0.2) is 42.5 Å². The summed E-state index contributed by atoms with van der Waals surface area (Å²) in [5, 5.41) is 0. The molecule has 0 unspecified atom stereocenters. The highest BCUT2D eigenvalue weighted by atomic mass is 16.2. The van der Waals surface area contributed by atoms with Gasteiger partial charge in [-0.3, -0.25) is 4.79 Å². The van der Waals surface area contributed by atoms with E-state index in [1.165, 1.54) is 36.8 Å². The summed E-state index contributed by atoms with van der Waals surface area (Å²) in [6.07, 6.45) is 7.29. The monoisotopic (exact) mass is 329 g/mol. The predicted molar refractivity (Wildman–Crippen MR) is 98.6 cm³/mol. The zero-order chi connectivity index (χ0) is 17.3. The lowest BCUT2D eigenvalue weighted by Gasteiger charge is -2.40. The van der Waals surface area contributed by atoms with Gasteiger partial charge in [0, 0.05) is 43.8 Å². The standard InChI is InChI=1S/C21H32N2O/c1-5-6-9-23(20-13-18-7-8-19(14-20)22(18)4)21(24)17-11-15(2)10-16(3)12-17/h10-12,18-20H,5-9,13-14H2,1-4H3/p+1/t18-,19-/m1/s1. The second kappa shape index (κ2) is 7.26. The molecule has 1 amide bonds. The molecule has 1 N–H and O–H groups in total. The number of unbranched alkanes of at least 4 members (excludes halogenated alkanes) is 1. The maximum atomic E-state index is 13.3. The zero-order valence-corrected chi connectivity index (χ0v) is 15.8. The van der Waals surface area contributed by atoms with E-state index in [9.17, 15) is 4.79 Å². The summed E-state index contributed by atoms with van der Waals surface area (Å²) >= 11 is 0. The smallest absolute Gasteiger partial charge is 0.254 e. The normalized spacial score (nSPS) is 28.8. The third-order valence-electron chi connectivity index (χ3n) is 6.19. The van der Waals surface area contributed by atoms with Crippen molar-refractivity contribution < 1.29 is 9.69 Å². The van der Waals surface area contributed by atoms with Gasteiger partial charge in [-0.25, -0.2) is 0 Å². The Labute approximate surface area is 147 Å². The highest BCUT2D eigenvalue weighted by Crippen LogP contribution is 2.27. The fourth-order valence-electron chi connectivity index (χ4n) is 4.85. The van der Waals surface area contributed by atoms with Crippen LogP contribution in [0.4, 0.5) is 0 Å². The average molecular weight is 330 g/mol. The van der Waals surface area contributed by atoms with Crippen molar-refractivity contribution in [1.82, 2.24) is 4.90 Å². The number of hydrogen-bond acceptors (Lipinski definition) is 1. The summed E-state index contributed by atoms with van der Waals surface area (Å²) < 4.78 is 0. The number of rotatable bonds is 5. The number of nitrogens with one attached hydrogen (secondary N) is 1. The molecule has 3 rings (SSSR count). The van der Waals surface area contributed by atoms with Gasteiger partial charge in [-0.05, 0) is 32.4 Å². The van der Waals surface area contributed by atoms with Gasteiger partial charge in [-0.15, -0.1) is 0 Å². The summed E-state index contributed by atoms with van der Waals surface area (Å²) in [5.74, 6) is 0.249. The van der Waals surface area contributed by atoms with Gasteiger partial charge >= 0.3 is 0 Å². The molecule has 2 aliphatic rings. The fourth-order valence-corrected chi connectivity index (χ4v) is 4.85. The molecule has 1 aromatic rings.